The van der Waals surface area contributed by atoms with E-state index in [9.17, 15) is 9.59 Å². The van der Waals surface area contributed by atoms with Gasteiger partial charge in [0.15, 0.2) is 17.1 Å². The number of thioether (sulfide) groups is 1. The molecule has 0 saturated carbocycles. The molecule has 1 aliphatic carbocycles. The molecule has 186 valence electrons. The van der Waals surface area contributed by atoms with Crippen molar-refractivity contribution in [2.45, 2.75) is 44.4 Å². The van der Waals surface area contributed by atoms with Crippen LogP contribution in [0.15, 0.2) is 29.4 Å². The quantitative estimate of drug-likeness (QED) is 0.312. The number of ether oxygens (including phenoxy) is 3. The average molecular weight is 517 g/mol. The number of carbonyl (C=O) groups excluding carboxylic acids is 2. The van der Waals surface area contributed by atoms with Crippen molar-refractivity contribution in [2.75, 3.05) is 24.8 Å². The monoisotopic (exact) mass is 516 g/mol. The predicted octanol–water partition coefficient (Wildman–Crippen LogP) is 4.42. The minimum Gasteiger partial charge on any atom is -0.497 e. The lowest BCUT2D eigenvalue weighted by Crippen LogP contribution is -2.17. The molecule has 2 aromatic heterocycles. The third-order valence-corrected chi connectivity index (χ3v) is 7.82. The molecular weight excluding hydrogens is 488 g/mol. The maximum absolute atomic E-state index is 12.7. The van der Waals surface area contributed by atoms with E-state index in [2.05, 4.69) is 15.5 Å². The first-order chi connectivity index (χ1) is 16.9. The maximum atomic E-state index is 12.7. The SMILES string of the molecule is CCOC(=O)c1c(NC(=O)CSc2nnc(C(C)Oc3ccc(OC)cc3)n2C)sc2c1CCC2. The summed E-state index contributed by atoms with van der Waals surface area (Å²) < 4.78 is 18.2. The van der Waals surface area contributed by atoms with Crippen LogP contribution in [0.4, 0.5) is 5.00 Å². The number of esters is 1. The van der Waals surface area contributed by atoms with Gasteiger partial charge in [-0.15, -0.1) is 21.5 Å². The van der Waals surface area contributed by atoms with Gasteiger partial charge in [-0.3, -0.25) is 4.79 Å². The van der Waals surface area contributed by atoms with Crippen LogP contribution in [0.25, 0.3) is 0 Å². The fraction of sp³-hybridized carbons (Fsp3) is 0.417. The van der Waals surface area contributed by atoms with Crippen molar-refractivity contribution < 1.29 is 23.8 Å². The molecule has 1 aliphatic rings. The number of aryl methyl sites for hydroxylation is 1. The first-order valence-electron chi connectivity index (χ1n) is 11.4. The summed E-state index contributed by atoms with van der Waals surface area (Å²) in [4.78, 5) is 26.4. The van der Waals surface area contributed by atoms with E-state index in [1.165, 1.54) is 23.1 Å². The molecule has 3 aromatic rings. The lowest BCUT2D eigenvalue weighted by atomic mass is 10.1. The Kier molecular flexibility index (Phi) is 7.97. The van der Waals surface area contributed by atoms with Crippen LogP contribution >= 0.6 is 23.1 Å². The van der Waals surface area contributed by atoms with Crippen LogP contribution in [0, 0.1) is 0 Å². The van der Waals surface area contributed by atoms with Gasteiger partial charge in [0.1, 0.15) is 16.5 Å². The normalized spacial score (nSPS) is 13.3. The van der Waals surface area contributed by atoms with Gasteiger partial charge in [-0.05, 0) is 62.9 Å². The number of methoxy groups -OCH3 is 1. The number of aromatic nitrogens is 3. The van der Waals surface area contributed by atoms with E-state index in [0.717, 1.165) is 35.5 Å². The summed E-state index contributed by atoms with van der Waals surface area (Å²) in [5.74, 6) is 1.62. The second-order valence-corrected chi connectivity index (χ2v) is 10.0. The number of nitrogens with zero attached hydrogens (tertiary/aromatic N) is 3. The second-order valence-electron chi connectivity index (χ2n) is 7.95. The second kappa shape index (κ2) is 11.1. The Bertz CT molecular complexity index is 1210. The smallest absolute Gasteiger partial charge is 0.341 e. The summed E-state index contributed by atoms with van der Waals surface area (Å²) in [6.07, 6.45) is 2.44. The first-order valence-corrected chi connectivity index (χ1v) is 13.2. The van der Waals surface area contributed by atoms with Crippen LogP contribution < -0.4 is 14.8 Å². The zero-order valence-electron chi connectivity index (χ0n) is 20.1. The molecule has 35 heavy (non-hydrogen) atoms. The van der Waals surface area contributed by atoms with Crippen molar-refractivity contribution in [1.82, 2.24) is 14.8 Å². The lowest BCUT2D eigenvalue weighted by Gasteiger charge is -2.14. The number of fused-ring (bicyclic) bond motifs is 1. The van der Waals surface area contributed by atoms with Crippen LogP contribution in [-0.2, 0) is 29.4 Å². The maximum Gasteiger partial charge on any atom is 0.341 e. The largest absolute Gasteiger partial charge is 0.497 e. The molecule has 1 aromatic carbocycles. The summed E-state index contributed by atoms with van der Waals surface area (Å²) >= 11 is 2.74. The molecule has 4 rings (SSSR count). The first kappa shape index (κ1) is 25.1. The number of hydrogen-bond acceptors (Lipinski definition) is 9. The van der Waals surface area contributed by atoms with Crippen molar-refractivity contribution in [3.63, 3.8) is 0 Å². The number of amides is 1. The van der Waals surface area contributed by atoms with Gasteiger partial charge in [-0.1, -0.05) is 11.8 Å². The molecule has 1 unspecified atom stereocenters. The molecule has 0 fully saturated rings. The molecule has 1 atom stereocenters. The summed E-state index contributed by atoms with van der Waals surface area (Å²) in [7, 11) is 3.45. The Morgan fingerprint density at radius 2 is 1.94 bits per heavy atom. The molecule has 0 saturated heterocycles. The molecule has 0 spiro atoms. The Morgan fingerprint density at radius 1 is 1.20 bits per heavy atom. The van der Waals surface area contributed by atoms with Gasteiger partial charge in [-0.2, -0.15) is 0 Å². The van der Waals surface area contributed by atoms with E-state index in [1.807, 2.05) is 42.8 Å². The molecule has 1 N–H and O–H groups in total. The minimum absolute atomic E-state index is 0.129. The van der Waals surface area contributed by atoms with Crippen LogP contribution in [0.5, 0.6) is 11.5 Å². The highest BCUT2D eigenvalue weighted by Gasteiger charge is 2.28. The third-order valence-electron chi connectivity index (χ3n) is 5.59. The number of anilines is 1. The topological polar surface area (TPSA) is 105 Å². The van der Waals surface area contributed by atoms with Crippen molar-refractivity contribution >= 4 is 40.0 Å². The number of rotatable bonds is 10. The van der Waals surface area contributed by atoms with Gasteiger partial charge in [0, 0.05) is 11.9 Å². The number of thiophene rings is 1. The van der Waals surface area contributed by atoms with Gasteiger partial charge in [0.05, 0.1) is 25.0 Å². The Morgan fingerprint density at radius 3 is 2.66 bits per heavy atom. The highest BCUT2D eigenvalue weighted by Crippen LogP contribution is 2.39. The van der Waals surface area contributed by atoms with Gasteiger partial charge < -0.3 is 24.1 Å². The van der Waals surface area contributed by atoms with Crippen LogP contribution in [0.3, 0.4) is 0 Å². The van der Waals surface area contributed by atoms with Crippen LogP contribution in [0.1, 0.15) is 53.0 Å². The zero-order valence-corrected chi connectivity index (χ0v) is 21.8. The van der Waals surface area contributed by atoms with Gasteiger partial charge >= 0.3 is 5.97 Å². The van der Waals surface area contributed by atoms with Crippen molar-refractivity contribution in [3.05, 3.63) is 46.1 Å². The highest BCUT2D eigenvalue weighted by atomic mass is 32.2. The fourth-order valence-electron chi connectivity index (χ4n) is 3.92. The van der Waals surface area contributed by atoms with Crippen LogP contribution in [0.2, 0.25) is 0 Å². The van der Waals surface area contributed by atoms with E-state index in [1.54, 1.807) is 14.0 Å². The van der Waals surface area contributed by atoms with E-state index in [-0.39, 0.29) is 23.7 Å². The van der Waals surface area contributed by atoms with E-state index in [0.29, 0.717) is 33.9 Å². The fourth-order valence-corrected chi connectivity index (χ4v) is 5.93. The van der Waals surface area contributed by atoms with Gasteiger partial charge in [-0.25, -0.2) is 4.79 Å². The number of benzene rings is 1. The lowest BCUT2D eigenvalue weighted by molar-refractivity contribution is -0.113. The Hall–Kier alpha value is -3.05. The molecular formula is C24H28N4O5S2. The molecule has 11 heteroatoms. The summed E-state index contributed by atoms with van der Waals surface area (Å²) in [6.45, 7) is 3.96. The molecule has 0 aliphatic heterocycles. The summed E-state index contributed by atoms with van der Waals surface area (Å²) in [5.41, 5.74) is 1.52. The van der Waals surface area contributed by atoms with Crippen molar-refractivity contribution in [1.29, 1.82) is 0 Å². The third kappa shape index (κ3) is 5.62. The number of carbonyl (C=O) groups is 2. The standard InChI is InChI=1S/C24H28N4O5S2/c1-5-32-23(30)20-17-7-6-8-18(17)35-22(20)25-19(29)13-34-24-27-26-21(28(24)3)14(2)33-16-11-9-15(31-4)10-12-16/h9-12,14H,5-8,13H2,1-4H3,(H,25,29). The zero-order chi connectivity index (χ0) is 24.9. The van der Waals surface area contributed by atoms with Gasteiger partial charge in [0.2, 0.25) is 5.91 Å². The number of nitrogens with one attached hydrogen (secondary N) is 1. The summed E-state index contributed by atoms with van der Waals surface area (Å²) in [6, 6.07) is 7.32. The minimum atomic E-state index is -0.376. The van der Waals surface area contributed by atoms with E-state index < -0.39 is 0 Å². The van der Waals surface area contributed by atoms with E-state index in [4.69, 9.17) is 14.2 Å². The molecule has 0 bridgehead atoms. The average Bonchev–Trinajstić information content (AvgIpc) is 3.53. The molecule has 0 radical (unpaired) electrons. The Balaban J connectivity index is 1.37. The van der Waals surface area contributed by atoms with E-state index >= 15 is 0 Å². The number of hydrogen-bond donors (Lipinski definition) is 1. The highest BCUT2D eigenvalue weighted by molar-refractivity contribution is 7.99. The summed E-state index contributed by atoms with van der Waals surface area (Å²) in [5, 5.41) is 12.5. The van der Waals surface area contributed by atoms with Gasteiger partial charge in [0.25, 0.3) is 0 Å². The predicted molar refractivity (Wildman–Crippen MR) is 135 cm³/mol. The molecule has 9 nitrogen and oxygen atoms in total. The van der Waals surface area contributed by atoms with Crippen molar-refractivity contribution in [2.24, 2.45) is 7.05 Å². The Labute approximate surface area is 212 Å². The molecule has 1 amide bonds. The molecule has 2 heterocycles. The van der Waals surface area contributed by atoms with Crippen molar-refractivity contribution in [3.8, 4) is 11.5 Å². The van der Waals surface area contributed by atoms with Crippen LogP contribution in [-0.4, -0.2) is 46.1 Å².